The molecule has 1 saturated carbocycles. The van der Waals surface area contributed by atoms with Crippen LogP contribution in [0.25, 0.3) is 0 Å². The molecule has 7 heteroatoms. The van der Waals surface area contributed by atoms with Crippen LogP contribution in [0.15, 0.2) is 30.3 Å². The zero-order valence-corrected chi connectivity index (χ0v) is 17.8. The lowest BCUT2D eigenvalue weighted by molar-refractivity contribution is -0.155. The Morgan fingerprint density at radius 3 is 2.35 bits per heavy atom. The summed E-state index contributed by atoms with van der Waals surface area (Å²) in [5, 5.41) is 0. The molecule has 0 aromatic heterocycles. The zero-order chi connectivity index (χ0) is 22.0. The van der Waals surface area contributed by atoms with Gasteiger partial charge in [0.2, 0.25) is 11.8 Å². The largest absolute Gasteiger partial charge is 0.395 e. The first-order chi connectivity index (χ1) is 14.9. The third kappa shape index (κ3) is 4.75. The molecule has 4 atom stereocenters. The van der Waals surface area contributed by atoms with Gasteiger partial charge in [-0.15, -0.1) is 0 Å². The molecule has 3 fully saturated rings. The van der Waals surface area contributed by atoms with Crippen LogP contribution in [0.4, 0.5) is 13.2 Å². The van der Waals surface area contributed by atoms with Gasteiger partial charge < -0.3 is 9.80 Å². The number of amides is 2. The maximum atomic E-state index is 13.7. The molecule has 0 N–H and O–H groups in total. The van der Waals surface area contributed by atoms with E-state index in [1.54, 1.807) is 23.1 Å². The average molecular weight is 437 g/mol. The number of hydrogen-bond acceptors (Lipinski definition) is 2. The predicted octanol–water partition coefficient (Wildman–Crippen LogP) is 4.89. The summed E-state index contributed by atoms with van der Waals surface area (Å²) in [6, 6.07) is 7.30. The second-order valence-electron chi connectivity index (χ2n) is 9.24. The highest BCUT2D eigenvalue weighted by atomic mass is 19.4. The number of halogens is 3. The average Bonchev–Trinajstić information content (AvgIpc) is 3.41. The number of carbonyl (C=O) groups excluding carboxylic acids is 2. The minimum atomic E-state index is -4.41. The van der Waals surface area contributed by atoms with E-state index in [1.807, 2.05) is 4.90 Å². The molecule has 1 aliphatic carbocycles. The molecule has 1 aromatic rings. The lowest BCUT2D eigenvalue weighted by Crippen LogP contribution is -2.50. The quantitative estimate of drug-likeness (QED) is 0.659. The second-order valence-corrected chi connectivity index (χ2v) is 9.24. The molecule has 0 spiro atoms. The number of rotatable bonds is 5. The van der Waals surface area contributed by atoms with Crippen LogP contribution in [0, 0.1) is 5.92 Å². The first-order valence-electron chi connectivity index (χ1n) is 11.6. The van der Waals surface area contributed by atoms with E-state index in [2.05, 4.69) is 0 Å². The highest BCUT2D eigenvalue weighted by Gasteiger charge is 2.49. The lowest BCUT2D eigenvalue weighted by atomic mass is 9.84. The van der Waals surface area contributed by atoms with Gasteiger partial charge in [-0.25, -0.2) is 0 Å². The second kappa shape index (κ2) is 9.21. The molecule has 0 bridgehead atoms. The molecule has 2 saturated heterocycles. The lowest BCUT2D eigenvalue weighted by Gasteiger charge is -2.35. The fourth-order valence-corrected chi connectivity index (χ4v) is 5.79. The van der Waals surface area contributed by atoms with Crippen molar-refractivity contribution in [2.24, 2.45) is 5.92 Å². The Bertz CT molecular complexity index is 777. The molecule has 4 rings (SSSR count). The predicted molar refractivity (Wildman–Crippen MR) is 111 cm³/mol. The molecule has 2 amide bonds. The van der Waals surface area contributed by atoms with Crippen molar-refractivity contribution in [2.75, 3.05) is 13.1 Å². The van der Waals surface area contributed by atoms with Crippen molar-refractivity contribution in [3.8, 4) is 0 Å². The Morgan fingerprint density at radius 1 is 1.00 bits per heavy atom. The number of carbonyl (C=O) groups is 2. The number of fused-ring (bicyclic) bond motifs is 1. The van der Waals surface area contributed by atoms with Crippen molar-refractivity contribution in [3.05, 3.63) is 35.9 Å². The van der Waals surface area contributed by atoms with Crippen molar-refractivity contribution in [2.45, 2.75) is 82.0 Å². The van der Waals surface area contributed by atoms with Crippen LogP contribution in [0.5, 0.6) is 0 Å². The van der Waals surface area contributed by atoms with E-state index in [4.69, 9.17) is 0 Å². The van der Waals surface area contributed by atoms with E-state index in [-0.39, 0.29) is 36.3 Å². The van der Waals surface area contributed by atoms with Crippen LogP contribution < -0.4 is 0 Å². The molecule has 31 heavy (non-hydrogen) atoms. The maximum Gasteiger partial charge on any atom is 0.395 e. The van der Waals surface area contributed by atoms with Crippen LogP contribution in [0.3, 0.4) is 0 Å². The van der Waals surface area contributed by atoms with Crippen molar-refractivity contribution < 1.29 is 22.8 Å². The highest BCUT2D eigenvalue weighted by molar-refractivity contribution is 5.89. The van der Waals surface area contributed by atoms with Crippen molar-refractivity contribution >= 4 is 11.8 Å². The SMILES string of the molecule is O=C([C@@H]1C[C@@H]2CCCC[C@@H]2N1C(=O)CC[C@@H](c1ccccc1)C(F)(F)F)N1CCCC1. The summed E-state index contributed by atoms with van der Waals surface area (Å²) in [4.78, 5) is 30.0. The van der Waals surface area contributed by atoms with Gasteiger partial charge in [0.05, 0.1) is 5.92 Å². The van der Waals surface area contributed by atoms with Crippen molar-refractivity contribution in [1.29, 1.82) is 0 Å². The van der Waals surface area contributed by atoms with Crippen molar-refractivity contribution in [3.63, 3.8) is 0 Å². The van der Waals surface area contributed by atoms with E-state index in [0.717, 1.165) is 51.6 Å². The van der Waals surface area contributed by atoms with Crippen LogP contribution in [0.2, 0.25) is 0 Å². The first-order valence-corrected chi connectivity index (χ1v) is 11.6. The van der Waals surface area contributed by atoms with E-state index >= 15 is 0 Å². The Balaban J connectivity index is 1.50. The molecule has 1 aromatic carbocycles. The summed E-state index contributed by atoms with van der Waals surface area (Å²) >= 11 is 0. The summed E-state index contributed by atoms with van der Waals surface area (Å²) in [5.74, 6) is -1.68. The maximum absolute atomic E-state index is 13.7. The van der Waals surface area contributed by atoms with Crippen LogP contribution in [-0.4, -0.2) is 53.0 Å². The van der Waals surface area contributed by atoms with Gasteiger partial charge in [0.1, 0.15) is 6.04 Å². The van der Waals surface area contributed by atoms with Crippen LogP contribution in [0.1, 0.15) is 69.3 Å². The Hall–Kier alpha value is -2.05. The molecule has 3 aliphatic rings. The van der Waals surface area contributed by atoms with Crippen LogP contribution in [-0.2, 0) is 9.59 Å². The minimum Gasteiger partial charge on any atom is -0.341 e. The molecular weight excluding hydrogens is 405 g/mol. The van der Waals surface area contributed by atoms with E-state index in [0.29, 0.717) is 12.3 Å². The van der Waals surface area contributed by atoms with E-state index < -0.39 is 18.1 Å². The number of hydrogen-bond donors (Lipinski definition) is 0. The molecular formula is C24H31F3N2O2. The van der Waals surface area contributed by atoms with Gasteiger partial charge in [-0.1, -0.05) is 43.2 Å². The fraction of sp³-hybridized carbons (Fsp3) is 0.667. The zero-order valence-electron chi connectivity index (χ0n) is 17.8. The number of benzene rings is 1. The minimum absolute atomic E-state index is 0.00105. The van der Waals surface area contributed by atoms with Crippen LogP contribution >= 0.6 is 0 Å². The summed E-state index contributed by atoms with van der Waals surface area (Å²) in [6.07, 6.45) is 1.67. The number of likely N-dealkylation sites (tertiary alicyclic amines) is 2. The number of nitrogens with zero attached hydrogens (tertiary/aromatic N) is 2. The van der Waals surface area contributed by atoms with Gasteiger partial charge in [0.15, 0.2) is 0 Å². The van der Waals surface area contributed by atoms with Gasteiger partial charge in [0.25, 0.3) is 0 Å². The number of alkyl halides is 3. The molecule has 2 heterocycles. The molecule has 170 valence electrons. The molecule has 0 radical (unpaired) electrons. The topological polar surface area (TPSA) is 40.6 Å². The van der Waals surface area contributed by atoms with Crippen molar-refractivity contribution in [1.82, 2.24) is 9.80 Å². The molecule has 2 aliphatic heterocycles. The summed E-state index contributed by atoms with van der Waals surface area (Å²) in [7, 11) is 0. The summed E-state index contributed by atoms with van der Waals surface area (Å²) in [5.41, 5.74) is 0.185. The van der Waals surface area contributed by atoms with E-state index in [9.17, 15) is 22.8 Å². The van der Waals surface area contributed by atoms with Gasteiger partial charge >= 0.3 is 6.18 Å². The fourth-order valence-electron chi connectivity index (χ4n) is 5.79. The summed E-state index contributed by atoms with van der Waals surface area (Å²) < 4.78 is 41.2. The smallest absolute Gasteiger partial charge is 0.341 e. The van der Waals surface area contributed by atoms with Gasteiger partial charge in [-0.2, -0.15) is 13.2 Å². The van der Waals surface area contributed by atoms with E-state index in [1.165, 1.54) is 12.1 Å². The Kier molecular flexibility index (Phi) is 6.58. The Labute approximate surface area is 181 Å². The van der Waals surface area contributed by atoms with Gasteiger partial charge in [-0.05, 0) is 50.0 Å². The summed E-state index contributed by atoms with van der Waals surface area (Å²) in [6.45, 7) is 1.44. The van der Waals surface area contributed by atoms with Gasteiger partial charge in [0, 0.05) is 25.6 Å². The third-order valence-electron chi connectivity index (χ3n) is 7.32. The van der Waals surface area contributed by atoms with Gasteiger partial charge in [-0.3, -0.25) is 9.59 Å². The third-order valence-corrected chi connectivity index (χ3v) is 7.32. The monoisotopic (exact) mass is 436 g/mol. The normalized spacial score (nSPS) is 27.3. The highest BCUT2D eigenvalue weighted by Crippen LogP contribution is 2.42. The molecule has 0 unspecified atom stereocenters. The Morgan fingerprint density at radius 2 is 1.68 bits per heavy atom. The standard InChI is InChI=1S/C24H31F3N2O2/c25-24(26,27)19(17-8-2-1-3-9-17)12-13-22(30)29-20-11-5-4-10-18(20)16-21(29)23(31)28-14-6-7-15-28/h1-3,8-9,18-21H,4-7,10-16H2/t18-,19-,20-,21-/m0/s1. The molecule has 4 nitrogen and oxygen atoms in total. The first kappa shape index (κ1) is 22.2.